The predicted octanol–water partition coefficient (Wildman–Crippen LogP) is 2.73. The van der Waals surface area contributed by atoms with Crippen molar-refractivity contribution in [2.75, 3.05) is 6.61 Å². The summed E-state index contributed by atoms with van der Waals surface area (Å²) in [6, 6.07) is 13.1. The minimum Gasteiger partial charge on any atom is -0.462 e. The summed E-state index contributed by atoms with van der Waals surface area (Å²) in [4.78, 5) is 29.6. The highest BCUT2D eigenvalue weighted by Gasteiger charge is 2.20. The van der Waals surface area contributed by atoms with Gasteiger partial charge < -0.3 is 4.74 Å². The molecule has 0 saturated carbocycles. The van der Waals surface area contributed by atoms with Crippen molar-refractivity contribution >= 4 is 22.6 Å². The Kier molecular flexibility index (Phi) is 3.99. The van der Waals surface area contributed by atoms with Gasteiger partial charge in [-0.25, -0.2) is 14.3 Å². The molecule has 0 bridgehead atoms. The molecule has 0 aliphatic heterocycles. The highest BCUT2D eigenvalue weighted by molar-refractivity contribution is 5.98. The molecule has 0 amide bonds. The van der Waals surface area contributed by atoms with E-state index in [0.717, 1.165) is 17.0 Å². The number of hydrogen-bond donors (Lipinski definition) is 0. The van der Waals surface area contributed by atoms with Gasteiger partial charge in [-0.1, -0.05) is 30.3 Å². The summed E-state index contributed by atoms with van der Waals surface area (Å²) in [6.07, 6.45) is 0. The fourth-order valence-electron chi connectivity index (χ4n) is 3.22. The van der Waals surface area contributed by atoms with Crippen molar-refractivity contribution in [3.05, 3.63) is 64.1 Å². The molecule has 0 N–H and O–H groups in total. The fourth-order valence-corrected chi connectivity index (χ4v) is 3.22. The van der Waals surface area contributed by atoms with Crippen LogP contribution in [0.4, 0.5) is 0 Å². The summed E-state index contributed by atoms with van der Waals surface area (Å²) >= 11 is 0. The zero-order valence-corrected chi connectivity index (χ0v) is 15.3. The van der Waals surface area contributed by atoms with E-state index >= 15 is 0 Å². The normalized spacial score (nSPS) is 11.2. The summed E-state index contributed by atoms with van der Waals surface area (Å²) in [5, 5.41) is 5.21. The molecule has 0 saturated heterocycles. The van der Waals surface area contributed by atoms with Gasteiger partial charge in [0.15, 0.2) is 5.65 Å². The number of benzene rings is 1. The first kappa shape index (κ1) is 17.0. The summed E-state index contributed by atoms with van der Waals surface area (Å²) in [5.41, 5.74) is 3.15. The number of aryl methyl sites for hydroxylation is 2. The number of ether oxygens (including phenoxy) is 1. The molecular weight excluding hydrogens is 344 g/mol. The van der Waals surface area contributed by atoms with Gasteiger partial charge in [-0.2, -0.15) is 5.10 Å². The largest absolute Gasteiger partial charge is 0.462 e. The average molecular weight is 362 g/mol. The molecular formula is C20H18N4O3. The third kappa shape index (κ3) is 2.68. The second kappa shape index (κ2) is 6.35. The number of fused-ring (bicyclic) bond motifs is 2. The van der Waals surface area contributed by atoms with Crippen LogP contribution in [0.2, 0.25) is 0 Å². The van der Waals surface area contributed by atoms with Crippen molar-refractivity contribution in [3.8, 4) is 11.3 Å². The predicted molar refractivity (Wildman–Crippen MR) is 102 cm³/mol. The molecule has 27 heavy (non-hydrogen) atoms. The Bertz CT molecular complexity index is 1240. The van der Waals surface area contributed by atoms with Crippen molar-refractivity contribution in [3.63, 3.8) is 0 Å². The molecule has 0 atom stereocenters. The van der Waals surface area contributed by atoms with E-state index < -0.39 is 11.5 Å². The molecule has 3 heterocycles. The van der Waals surface area contributed by atoms with Crippen LogP contribution in [0.5, 0.6) is 0 Å². The van der Waals surface area contributed by atoms with Crippen LogP contribution < -0.4 is 5.56 Å². The van der Waals surface area contributed by atoms with Crippen LogP contribution >= 0.6 is 0 Å². The maximum atomic E-state index is 12.7. The van der Waals surface area contributed by atoms with E-state index in [0.29, 0.717) is 16.7 Å². The standard InChI is InChI=1S/C20H18N4O3/c1-4-27-20(26)15-11-14-17(13-8-6-5-7-9-13)24-16(10-12(2)22-24)21-18(14)23(3)19(15)25/h5-11H,4H2,1-3H3. The molecule has 0 radical (unpaired) electrons. The quantitative estimate of drug-likeness (QED) is 0.524. The monoisotopic (exact) mass is 362 g/mol. The lowest BCUT2D eigenvalue weighted by Gasteiger charge is -2.13. The van der Waals surface area contributed by atoms with Crippen molar-refractivity contribution in [2.45, 2.75) is 13.8 Å². The molecule has 7 heteroatoms. The minimum atomic E-state index is -0.643. The fraction of sp³-hybridized carbons (Fsp3) is 0.200. The summed E-state index contributed by atoms with van der Waals surface area (Å²) in [7, 11) is 1.61. The Hall–Kier alpha value is -3.48. The van der Waals surface area contributed by atoms with Crippen LogP contribution in [0, 0.1) is 6.92 Å². The second-order valence-corrected chi connectivity index (χ2v) is 6.26. The number of hydrogen-bond acceptors (Lipinski definition) is 5. The zero-order valence-electron chi connectivity index (χ0n) is 15.3. The van der Waals surface area contributed by atoms with E-state index in [1.807, 2.05) is 43.3 Å². The summed E-state index contributed by atoms with van der Waals surface area (Å²) < 4.78 is 8.18. The van der Waals surface area contributed by atoms with E-state index in [1.54, 1.807) is 24.6 Å². The van der Waals surface area contributed by atoms with Gasteiger partial charge in [0.1, 0.15) is 11.2 Å². The topological polar surface area (TPSA) is 78.5 Å². The SMILES string of the molecule is CCOC(=O)c1cc2c(-c3ccccc3)n3nc(C)cc3nc2n(C)c1=O. The van der Waals surface area contributed by atoms with Gasteiger partial charge in [0, 0.05) is 24.1 Å². The van der Waals surface area contributed by atoms with Crippen LogP contribution in [-0.2, 0) is 11.8 Å². The van der Waals surface area contributed by atoms with E-state index in [-0.39, 0.29) is 12.2 Å². The smallest absolute Gasteiger partial charge is 0.343 e. The number of rotatable bonds is 3. The molecule has 0 aliphatic carbocycles. The van der Waals surface area contributed by atoms with Crippen LogP contribution in [-0.4, -0.2) is 31.7 Å². The highest BCUT2D eigenvalue weighted by Crippen LogP contribution is 2.28. The van der Waals surface area contributed by atoms with Gasteiger partial charge in [-0.3, -0.25) is 9.36 Å². The van der Waals surface area contributed by atoms with Crippen molar-refractivity contribution in [2.24, 2.45) is 7.05 Å². The first-order chi connectivity index (χ1) is 13.0. The Morgan fingerprint density at radius 1 is 1.19 bits per heavy atom. The molecule has 136 valence electrons. The summed E-state index contributed by atoms with van der Waals surface area (Å²) in [5.74, 6) is -0.643. The number of esters is 1. The Morgan fingerprint density at radius 2 is 1.93 bits per heavy atom. The first-order valence-electron chi connectivity index (χ1n) is 8.64. The van der Waals surface area contributed by atoms with E-state index in [4.69, 9.17) is 4.74 Å². The molecule has 0 spiro atoms. The molecule has 0 fully saturated rings. The Morgan fingerprint density at radius 3 is 2.63 bits per heavy atom. The van der Waals surface area contributed by atoms with Gasteiger partial charge >= 0.3 is 5.97 Å². The maximum Gasteiger partial charge on any atom is 0.343 e. The lowest BCUT2D eigenvalue weighted by atomic mass is 10.1. The molecule has 0 unspecified atom stereocenters. The lowest BCUT2D eigenvalue weighted by Crippen LogP contribution is -2.26. The molecule has 4 aromatic rings. The van der Waals surface area contributed by atoms with Crippen LogP contribution in [0.25, 0.3) is 27.9 Å². The number of carbonyl (C=O) groups excluding carboxylic acids is 1. The van der Waals surface area contributed by atoms with Gasteiger partial charge in [0.05, 0.1) is 18.0 Å². The van der Waals surface area contributed by atoms with Gasteiger partial charge in [-0.15, -0.1) is 0 Å². The summed E-state index contributed by atoms with van der Waals surface area (Å²) in [6.45, 7) is 3.79. The van der Waals surface area contributed by atoms with Gasteiger partial charge in [0.25, 0.3) is 5.56 Å². The van der Waals surface area contributed by atoms with E-state index in [1.165, 1.54) is 4.57 Å². The third-order valence-corrected chi connectivity index (χ3v) is 4.43. The lowest BCUT2D eigenvalue weighted by molar-refractivity contribution is 0.0524. The molecule has 4 rings (SSSR count). The first-order valence-corrected chi connectivity index (χ1v) is 8.64. The van der Waals surface area contributed by atoms with E-state index in [9.17, 15) is 9.59 Å². The number of pyridine rings is 1. The van der Waals surface area contributed by atoms with Gasteiger partial charge in [-0.05, 0) is 19.9 Å². The molecule has 1 aromatic carbocycles. The average Bonchev–Trinajstić information content (AvgIpc) is 3.03. The van der Waals surface area contributed by atoms with Crippen LogP contribution in [0.1, 0.15) is 23.0 Å². The zero-order chi connectivity index (χ0) is 19.1. The van der Waals surface area contributed by atoms with Crippen LogP contribution in [0.3, 0.4) is 0 Å². The van der Waals surface area contributed by atoms with E-state index in [2.05, 4.69) is 10.1 Å². The van der Waals surface area contributed by atoms with Crippen LogP contribution in [0.15, 0.2) is 47.3 Å². The number of aromatic nitrogens is 4. The van der Waals surface area contributed by atoms with Crippen molar-refractivity contribution < 1.29 is 9.53 Å². The molecule has 7 nitrogen and oxygen atoms in total. The minimum absolute atomic E-state index is 0.0194. The molecule has 3 aromatic heterocycles. The molecule has 0 aliphatic rings. The second-order valence-electron chi connectivity index (χ2n) is 6.26. The maximum absolute atomic E-state index is 12.7. The number of carbonyl (C=O) groups is 1. The van der Waals surface area contributed by atoms with Crippen molar-refractivity contribution in [1.82, 2.24) is 19.2 Å². The number of nitrogens with zero attached hydrogens (tertiary/aromatic N) is 4. The van der Waals surface area contributed by atoms with Gasteiger partial charge in [0.2, 0.25) is 0 Å². The highest BCUT2D eigenvalue weighted by atomic mass is 16.5. The Balaban J connectivity index is 2.18. The van der Waals surface area contributed by atoms with Crippen molar-refractivity contribution in [1.29, 1.82) is 0 Å². The Labute approximate surface area is 154 Å². The third-order valence-electron chi connectivity index (χ3n) is 4.43.